The van der Waals surface area contributed by atoms with Crippen LogP contribution in [-0.2, 0) is 10.5 Å². The molecule has 0 bridgehead atoms. The van der Waals surface area contributed by atoms with E-state index in [4.69, 9.17) is 5.73 Å². The molecule has 6 heteroatoms. The van der Waals surface area contributed by atoms with E-state index in [-0.39, 0.29) is 5.97 Å². The minimum Gasteiger partial charge on any atom is -0.465 e. The summed E-state index contributed by atoms with van der Waals surface area (Å²) in [5, 5.41) is 0. The van der Waals surface area contributed by atoms with Crippen LogP contribution in [0.2, 0.25) is 0 Å². The number of nitrogen functional groups attached to an aromatic ring is 1. The van der Waals surface area contributed by atoms with Gasteiger partial charge in [0.25, 0.3) is 0 Å². The van der Waals surface area contributed by atoms with Crippen molar-refractivity contribution in [2.24, 2.45) is 0 Å². The molecule has 19 heavy (non-hydrogen) atoms. The van der Waals surface area contributed by atoms with E-state index >= 15 is 0 Å². The lowest BCUT2D eigenvalue weighted by Crippen LogP contribution is -2.02. The summed E-state index contributed by atoms with van der Waals surface area (Å²) in [7, 11) is 1.35. The quantitative estimate of drug-likeness (QED) is 0.680. The van der Waals surface area contributed by atoms with Crippen LogP contribution < -0.4 is 5.73 Å². The first-order valence-corrected chi connectivity index (χ1v) is 6.55. The van der Waals surface area contributed by atoms with Gasteiger partial charge >= 0.3 is 5.97 Å². The van der Waals surface area contributed by atoms with Gasteiger partial charge in [-0.1, -0.05) is 0 Å². The second-order valence-corrected chi connectivity index (χ2v) is 4.75. The maximum atomic E-state index is 11.3. The summed E-state index contributed by atoms with van der Waals surface area (Å²) in [6.07, 6.45) is 4.83. The molecule has 0 fully saturated rings. The fourth-order valence-electron chi connectivity index (χ4n) is 1.43. The van der Waals surface area contributed by atoms with Gasteiger partial charge in [0, 0.05) is 23.0 Å². The molecule has 0 aliphatic rings. The molecule has 98 valence electrons. The molecule has 0 amide bonds. The summed E-state index contributed by atoms with van der Waals surface area (Å²) in [5.74, 6) is 0.292. The highest BCUT2D eigenvalue weighted by Crippen LogP contribution is 2.26. The number of hydrogen-bond donors (Lipinski definition) is 1. The third-order valence-corrected chi connectivity index (χ3v) is 3.55. The van der Waals surface area contributed by atoms with Gasteiger partial charge in [0.2, 0.25) is 0 Å². The highest BCUT2D eigenvalue weighted by molar-refractivity contribution is 7.98. The molecule has 0 radical (unpaired) electrons. The molecule has 2 aromatic heterocycles. The summed E-state index contributed by atoms with van der Waals surface area (Å²) in [6, 6.07) is 5.37. The number of methoxy groups -OCH3 is 1. The molecule has 2 aromatic rings. The number of thioether (sulfide) groups is 1. The zero-order chi connectivity index (χ0) is 13.7. The first-order valence-electron chi connectivity index (χ1n) is 5.56. The van der Waals surface area contributed by atoms with Gasteiger partial charge in [-0.3, -0.25) is 9.97 Å². The maximum Gasteiger partial charge on any atom is 0.339 e. The Labute approximate surface area is 115 Å². The predicted molar refractivity (Wildman–Crippen MR) is 73.8 cm³/mol. The Morgan fingerprint density at radius 2 is 2.21 bits per heavy atom. The summed E-state index contributed by atoms with van der Waals surface area (Å²) >= 11 is 1.58. The van der Waals surface area contributed by atoms with Crippen molar-refractivity contribution in [2.75, 3.05) is 12.8 Å². The minimum absolute atomic E-state index is 0.384. The molecular formula is C13H13N3O2S. The molecule has 0 spiro atoms. The van der Waals surface area contributed by atoms with Crippen LogP contribution in [0.3, 0.4) is 0 Å². The van der Waals surface area contributed by atoms with E-state index in [1.807, 2.05) is 6.07 Å². The fourth-order valence-corrected chi connectivity index (χ4v) is 2.28. The zero-order valence-electron chi connectivity index (χ0n) is 10.4. The molecule has 5 nitrogen and oxygen atoms in total. The number of rotatable bonds is 4. The standard InChI is InChI=1S/C13H13N3O2S/c1-18-13(17)9-2-3-10(16-6-9)8-19-12-4-5-15-7-11(12)14/h2-7H,8,14H2,1H3. The van der Waals surface area contributed by atoms with E-state index in [1.54, 1.807) is 36.3 Å². The highest BCUT2D eigenvalue weighted by atomic mass is 32.2. The van der Waals surface area contributed by atoms with E-state index in [0.717, 1.165) is 10.6 Å². The summed E-state index contributed by atoms with van der Waals surface area (Å²) in [6.45, 7) is 0. The lowest BCUT2D eigenvalue weighted by Gasteiger charge is -2.04. The van der Waals surface area contributed by atoms with Gasteiger partial charge < -0.3 is 10.5 Å². The molecule has 0 atom stereocenters. The van der Waals surface area contributed by atoms with Crippen molar-refractivity contribution in [3.63, 3.8) is 0 Å². The lowest BCUT2D eigenvalue weighted by molar-refractivity contribution is 0.0600. The molecule has 2 heterocycles. The van der Waals surface area contributed by atoms with Gasteiger partial charge in [-0.15, -0.1) is 11.8 Å². The van der Waals surface area contributed by atoms with Gasteiger partial charge in [-0.2, -0.15) is 0 Å². The number of hydrogen-bond acceptors (Lipinski definition) is 6. The smallest absolute Gasteiger partial charge is 0.339 e. The third-order valence-electron chi connectivity index (χ3n) is 2.43. The second-order valence-electron chi connectivity index (χ2n) is 3.73. The molecule has 2 N–H and O–H groups in total. The number of pyridine rings is 2. The zero-order valence-corrected chi connectivity index (χ0v) is 11.2. The van der Waals surface area contributed by atoms with Crippen molar-refractivity contribution >= 4 is 23.4 Å². The van der Waals surface area contributed by atoms with Crippen LogP contribution >= 0.6 is 11.8 Å². The van der Waals surface area contributed by atoms with Crippen molar-refractivity contribution < 1.29 is 9.53 Å². The molecule has 0 unspecified atom stereocenters. The Morgan fingerprint density at radius 3 is 2.84 bits per heavy atom. The molecule has 0 aliphatic carbocycles. The Bertz CT molecular complexity index is 572. The normalized spacial score (nSPS) is 10.2. The van der Waals surface area contributed by atoms with E-state index in [9.17, 15) is 4.79 Å². The number of ether oxygens (including phenoxy) is 1. The van der Waals surface area contributed by atoms with Crippen molar-refractivity contribution in [3.05, 3.63) is 48.0 Å². The third kappa shape index (κ3) is 3.45. The number of esters is 1. The Hall–Kier alpha value is -2.08. The first-order chi connectivity index (χ1) is 9.20. The van der Waals surface area contributed by atoms with E-state index < -0.39 is 0 Å². The number of aromatic nitrogens is 2. The number of carbonyl (C=O) groups excluding carboxylic acids is 1. The average molecular weight is 275 g/mol. The van der Waals surface area contributed by atoms with Crippen LogP contribution in [-0.4, -0.2) is 23.0 Å². The lowest BCUT2D eigenvalue weighted by atomic mass is 10.2. The number of nitrogens with two attached hydrogens (primary N) is 1. The topological polar surface area (TPSA) is 78.1 Å². The van der Waals surface area contributed by atoms with Crippen LogP contribution in [0.4, 0.5) is 5.69 Å². The van der Waals surface area contributed by atoms with Gasteiger partial charge in [-0.25, -0.2) is 4.79 Å². The Kier molecular flexibility index (Phi) is 4.35. The Balaban J connectivity index is 2.01. The van der Waals surface area contributed by atoms with Crippen LogP contribution in [0.25, 0.3) is 0 Å². The first kappa shape index (κ1) is 13.4. The molecule has 2 rings (SSSR count). The minimum atomic E-state index is -0.384. The van der Waals surface area contributed by atoms with E-state index in [0.29, 0.717) is 17.0 Å². The van der Waals surface area contributed by atoms with Crippen LogP contribution in [0.5, 0.6) is 0 Å². The van der Waals surface area contributed by atoms with Gasteiger partial charge in [-0.05, 0) is 18.2 Å². The molecule has 0 saturated carbocycles. The molecule has 0 saturated heterocycles. The molecular weight excluding hydrogens is 262 g/mol. The fraction of sp³-hybridized carbons (Fsp3) is 0.154. The van der Waals surface area contributed by atoms with E-state index in [1.165, 1.54) is 13.3 Å². The monoisotopic (exact) mass is 275 g/mol. The number of carbonyl (C=O) groups is 1. The maximum absolute atomic E-state index is 11.3. The van der Waals surface area contributed by atoms with Gasteiger partial charge in [0.05, 0.1) is 30.3 Å². The van der Waals surface area contributed by atoms with Crippen molar-refractivity contribution in [2.45, 2.75) is 10.6 Å². The van der Waals surface area contributed by atoms with Crippen molar-refractivity contribution in [3.8, 4) is 0 Å². The van der Waals surface area contributed by atoms with Crippen LogP contribution in [0, 0.1) is 0 Å². The Morgan fingerprint density at radius 1 is 1.37 bits per heavy atom. The number of nitrogens with zero attached hydrogens (tertiary/aromatic N) is 2. The average Bonchev–Trinajstić information content (AvgIpc) is 2.46. The van der Waals surface area contributed by atoms with Gasteiger partial charge in [0.15, 0.2) is 0 Å². The summed E-state index contributed by atoms with van der Waals surface area (Å²) < 4.78 is 4.61. The molecule has 0 aromatic carbocycles. The SMILES string of the molecule is COC(=O)c1ccc(CSc2ccncc2N)nc1. The van der Waals surface area contributed by atoms with Crippen LogP contribution in [0.1, 0.15) is 16.1 Å². The highest BCUT2D eigenvalue weighted by Gasteiger charge is 2.06. The van der Waals surface area contributed by atoms with E-state index in [2.05, 4.69) is 14.7 Å². The summed E-state index contributed by atoms with van der Waals surface area (Å²) in [5.41, 5.74) is 7.77. The van der Waals surface area contributed by atoms with Crippen molar-refractivity contribution in [1.29, 1.82) is 0 Å². The van der Waals surface area contributed by atoms with Gasteiger partial charge in [0.1, 0.15) is 0 Å². The van der Waals surface area contributed by atoms with Crippen LogP contribution in [0.15, 0.2) is 41.7 Å². The molecule has 0 aliphatic heterocycles. The summed E-state index contributed by atoms with van der Waals surface area (Å²) in [4.78, 5) is 20.4. The second kappa shape index (κ2) is 6.19. The number of anilines is 1. The predicted octanol–water partition coefficient (Wildman–Crippen LogP) is 2.14. The largest absolute Gasteiger partial charge is 0.465 e. The van der Waals surface area contributed by atoms with Crippen molar-refractivity contribution in [1.82, 2.24) is 9.97 Å².